The Bertz CT molecular complexity index is 215. The molecule has 0 fully saturated rings. The standard InChI is InChI=1S/C8H13NO2S/c1-3-11-8(10)7-4-6(9)5(2)12-7/h4-5,7H,3,9H2,1-2H3. The molecular formula is C8H13NO2S. The Morgan fingerprint density at radius 1 is 1.83 bits per heavy atom. The number of ether oxygens (including phenoxy) is 1. The molecule has 0 aromatic carbocycles. The summed E-state index contributed by atoms with van der Waals surface area (Å²) in [6.45, 7) is 4.21. The molecule has 0 spiro atoms. The SMILES string of the molecule is CCOC(=O)C1C=C(N)C(C)S1. The van der Waals surface area contributed by atoms with Crippen molar-refractivity contribution < 1.29 is 9.53 Å². The van der Waals surface area contributed by atoms with Crippen molar-refractivity contribution in [2.75, 3.05) is 6.61 Å². The fourth-order valence-corrected chi connectivity index (χ4v) is 2.09. The Morgan fingerprint density at radius 2 is 2.50 bits per heavy atom. The molecular weight excluding hydrogens is 174 g/mol. The van der Waals surface area contributed by atoms with Crippen molar-refractivity contribution in [3.8, 4) is 0 Å². The third-order valence-electron chi connectivity index (χ3n) is 1.68. The molecule has 1 heterocycles. The third-order valence-corrected chi connectivity index (χ3v) is 2.99. The molecule has 0 saturated heterocycles. The molecule has 2 N–H and O–H groups in total. The summed E-state index contributed by atoms with van der Waals surface area (Å²) in [6.07, 6.45) is 1.77. The van der Waals surface area contributed by atoms with Crippen molar-refractivity contribution in [1.82, 2.24) is 0 Å². The fourth-order valence-electron chi connectivity index (χ4n) is 0.996. The predicted molar refractivity (Wildman–Crippen MR) is 49.7 cm³/mol. The monoisotopic (exact) mass is 187 g/mol. The zero-order chi connectivity index (χ0) is 9.14. The van der Waals surface area contributed by atoms with E-state index >= 15 is 0 Å². The molecule has 0 aromatic rings. The van der Waals surface area contributed by atoms with Gasteiger partial charge in [-0.25, -0.2) is 0 Å². The van der Waals surface area contributed by atoms with Gasteiger partial charge in [0.25, 0.3) is 0 Å². The number of hydrogen-bond donors (Lipinski definition) is 1. The van der Waals surface area contributed by atoms with Crippen LogP contribution in [0.3, 0.4) is 0 Å². The summed E-state index contributed by atoms with van der Waals surface area (Å²) < 4.78 is 4.86. The molecule has 0 saturated carbocycles. The molecule has 1 aliphatic rings. The lowest BCUT2D eigenvalue weighted by Crippen LogP contribution is -2.16. The quantitative estimate of drug-likeness (QED) is 0.652. The molecule has 2 atom stereocenters. The second-order valence-corrected chi connectivity index (χ2v) is 4.10. The van der Waals surface area contributed by atoms with Gasteiger partial charge in [-0.05, 0) is 19.9 Å². The maximum absolute atomic E-state index is 11.2. The Hall–Kier alpha value is -0.640. The van der Waals surface area contributed by atoms with E-state index in [0.29, 0.717) is 6.61 Å². The van der Waals surface area contributed by atoms with Crippen molar-refractivity contribution in [1.29, 1.82) is 0 Å². The van der Waals surface area contributed by atoms with Crippen LogP contribution in [0.4, 0.5) is 0 Å². The van der Waals surface area contributed by atoms with Crippen LogP contribution in [-0.4, -0.2) is 23.1 Å². The van der Waals surface area contributed by atoms with Gasteiger partial charge in [0.05, 0.1) is 6.61 Å². The van der Waals surface area contributed by atoms with Crippen molar-refractivity contribution in [2.45, 2.75) is 24.3 Å². The van der Waals surface area contributed by atoms with Gasteiger partial charge in [-0.1, -0.05) is 0 Å². The minimum Gasteiger partial charge on any atom is -0.465 e. The zero-order valence-electron chi connectivity index (χ0n) is 7.24. The zero-order valence-corrected chi connectivity index (χ0v) is 8.06. The Labute approximate surface area is 76.3 Å². The van der Waals surface area contributed by atoms with Crippen LogP contribution in [0.2, 0.25) is 0 Å². The number of hydrogen-bond acceptors (Lipinski definition) is 4. The lowest BCUT2D eigenvalue weighted by molar-refractivity contribution is -0.141. The molecule has 68 valence electrons. The van der Waals surface area contributed by atoms with E-state index in [1.54, 1.807) is 13.0 Å². The molecule has 1 aliphatic heterocycles. The molecule has 0 amide bonds. The van der Waals surface area contributed by atoms with Gasteiger partial charge in [0.1, 0.15) is 5.25 Å². The van der Waals surface area contributed by atoms with Crippen LogP contribution in [0.25, 0.3) is 0 Å². The van der Waals surface area contributed by atoms with E-state index in [1.807, 2.05) is 6.92 Å². The first kappa shape index (κ1) is 9.45. The molecule has 4 heteroatoms. The van der Waals surface area contributed by atoms with Gasteiger partial charge in [0.15, 0.2) is 0 Å². The highest BCUT2D eigenvalue weighted by atomic mass is 32.2. The van der Waals surface area contributed by atoms with Gasteiger partial charge < -0.3 is 10.5 Å². The van der Waals surface area contributed by atoms with Crippen molar-refractivity contribution in [2.24, 2.45) is 5.73 Å². The minimum absolute atomic E-state index is 0.185. The minimum atomic E-state index is -0.194. The number of nitrogens with two attached hydrogens (primary N) is 1. The van der Waals surface area contributed by atoms with Crippen LogP contribution in [0.1, 0.15) is 13.8 Å². The predicted octanol–water partition coefficient (Wildman–Crippen LogP) is 0.896. The first-order chi connectivity index (χ1) is 5.65. The smallest absolute Gasteiger partial charge is 0.323 e. The summed E-state index contributed by atoms with van der Waals surface area (Å²) in [4.78, 5) is 11.2. The number of rotatable bonds is 2. The van der Waals surface area contributed by atoms with E-state index < -0.39 is 0 Å². The lowest BCUT2D eigenvalue weighted by Gasteiger charge is -2.07. The number of esters is 1. The van der Waals surface area contributed by atoms with Crippen LogP contribution < -0.4 is 5.73 Å². The molecule has 0 radical (unpaired) electrons. The summed E-state index contributed by atoms with van der Waals surface area (Å²) >= 11 is 1.53. The van der Waals surface area contributed by atoms with E-state index in [0.717, 1.165) is 5.70 Å². The summed E-state index contributed by atoms with van der Waals surface area (Å²) in [6, 6.07) is 0. The average Bonchev–Trinajstić information content (AvgIpc) is 2.33. The normalized spacial score (nSPS) is 28.3. The molecule has 12 heavy (non-hydrogen) atoms. The highest BCUT2D eigenvalue weighted by Gasteiger charge is 2.28. The van der Waals surface area contributed by atoms with E-state index in [4.69, 9.17) is 10.5 Å². The van der Waals surface area contributed by atoms with Crippen LogP contribution in [0.15, 0.2) is 11.8 Å². The summed E-state index contributed by atoms with van der Waals surface area (Å²) in [5.74, 6) is -0.185. The second kappa shape index (κ2) is 3.85. The molecule has 2 unspecified atom stereocenters. The molecule has 0 aromatic heterocycles. The van der Waals surface area contributed by atoms with Gasteiger partial charge in [0, 0.05) is 10.9 Å². The summed E-state index contributed by atoms with van der Waals surface area (Å²) in [7, 11) is 0. The number of carbonyl (C=O) groups is 1. The highest BCUT2D eigenvalue weighted by molar-refractivity contribution is 8.01. The van der Waals surface area contributed by atoms with E-state index in [-0.39, 0.29) is 16.5 Å². The second-order valence-electron chi connectivity index (χ2n) is 2.62. The highest BCUT2D eigenvalue weighted by Crippen LogP contribution is 2.30. The first-order valence-corrected chi connectivity index (χ1v) is 4.88. The average molecular weight is 187 g/mol. The van der Waals surface area contributed by atoms with Gasteiger partial charge in [0.2, 0.25) is 0 Å². The Kier molecular flexibility index (Phi) is 3.03. The lowest BCUT2D eigenvalue weighted by atomic mass is 10.3. The van der Waals surface area contributed by atoms with Crippen LogP contribution >= 0.6 is 11.8 Å². The van der Waals surface area contributed by atoms with Crippen molar-refractivity contribution in [3.05, 3.63) is 11.8 Å². The summed E-state index contributed by atoms with van der Waals surface area (Å²) in [5.41, 5.74) is 6.41. The van der Waals surface area contributed by atoms with Gasteiger partial charge >= 0.3 is 5.97 Å². The van der Waals surface area contributed by atoms with Crippen molar-refractivity contribution >= 4 is 17.7 Å². The Morgan fingerprint density at radius 3 is 2.92 bits per heavy atom. The number of carbonyl (C=O) groups excluding carboxylic acids is 1. The molecule has 3 nitrogen and oxygen atoms in total. The van der Waals surface area contributed by atoms with Crippen LogP contribution in [0, 0.1) is 0 Å². The largest absolute Gasteiger partial charge is 0.465 e. The van der Waals surface area contributed by atoms with Gasteiger partial charge in [-0.15, -0.1) is 11.8 Å². The van der Waals surface area contributed by atoms with E-state index in [1.165, 1.54) is 11.8 Å². The van der Waals surface area contributed by atoms with Crippen molar-refractivity contribution in [3.63, 3.8) is 0 Å². The molecule has 0 bridgehead atoms. The van der Waals surface area contributed by atoms with Crippen LogP contribution in [-0.2, 0) is 9.53 Å². The Balaban J connectivity index is 2.52. The van der Waals surface area contributed by atoms with Gasteiger partial charge in [-0.3, -0.25) is 4.79 Å². The molecule has 0 aliphatic carbocycles. The first-order valence-electron chi connectivity index (χ1n) is 3.94. The maximum atomic E-state index is 11.2. The topological polar surface area (TPSA) is 52.3 Å². The van der Waals surface area contributed by atoms with E-state index in [2.05, 4.69) is 0 Å². The fraction of sp³-hybridized carbons (Fsp3) is 0.625. The number of thioether (sulfide) groups is 1. The maximum Gasteiger partial charge on any atom is 0.323 e. The molecule has 1 rings (SSSR count). The third kappa shape index (κ3) is 1.94. The van der Waals surface area contributed by atoms with Gasteiger partial charge in [-0.2, -0.15) is 0 Å². The van der Waals surface area contributed by atoms with Crippen LogP contribution in [0.5, 0.6) is 0 Å². The summed E-state index contributed by atoms with van der Waals surface area (Å²) in [5, 5.41) is 0.0411. The van der Waals surface area contributed by atoms with E-state index in [9.17, 15) is 4.79 Å².